The summed E-state index contributed by atoms with van der Waals surface area (Å²) < 4.78 is 14.1. The van der Waals surface area contributed by atoms with Crippen molar-refractivity contribution in [2.45, 2.75) is 0 Å². The molecule has 0 atom stereocenters. The van der Waals surface area contributed by atoms with E-state index in [0.717, 1.165) is 98.9 Å². The van der Waals surface area contributed by atoms with Crippen molar-refractivity contribution >= 4 is 97.1 Å². The predicted molar refractivity (Wildman–Crippen MR) is 265 cm³/mol. The molecule has 0 saturated carbocycles. The minimum atomic E-state index is 0.547. The average Bonchev–Trinajstić information content (AvgIpc) is 4.12. The molecule has 5 heterocycles. The number of hydrogen-bond acceptors (Lipinski definition) is 5. The van der Waals surface area contributed by atoms with Crippen LogP contribution in [-0.4, -0.2) is 24.1 Å². The summed E-state index contributed by atoms with van der Waals surface area (Å²) in [5, 5.41) is 8.99. The van der Waals surface area contributed by atoms with Crippen LogP contribution >= 0.6 is 11.3 Å². The van der Waals surface area contributed by atoms with E-state index < -0.39 is 0 Å². The normalized spacial score (nSPS) is 12.1. The van der Waals surface area contributed by atoms with E-state index >= 15 is 0 Å². The Hall–Kier alpha value is -8.39. The Morgan fingerprint density at radius 2 is 0.953 bits per heavy atom. The van der Waals surface area contributed by atoms with E-state index in [9.17, 15) is 0 Å². The summed E-state index contributed by atoms with van der Waals surface area (Å²) in [7, 11) is 0. The molecule has 14 aromatic rings. The zero-order chi connectivity index (χ0) is 41.9. The minimum Gasteiger partial charge on any atom is -0.454 e. The van der Waals surface area contributed by atoms with E-state index in [2.05, 4.69) is 191 Å². The first-order valence-corrected chi connectivity index (χ1v) is 22.3. The molecule has 14 rings (SSSR count). The van der Waals surface area contributed by atoms with Gasteiger partial charge in [0.25, 0.3) is 0 Å². The number of benzene rings is 9. The monoisotopic (exact) mass is 835 g/mol. The highest BCUT2D eigenvalue weighted by Gasteiger charge is 2.26. The van der Waals surface area contributed by atoms with Crippen LogP contribution in [0.1, 0.15) is 0 Å². The molecule has 0 spiro atoms. The molecule has 0 aliphatic rings. The second kappa shape index (κ2) is 13.6. The van der Waals surface area contributed by atoms with Crippen LogP contribution in [0.4, 0.5) is 0 Å². The molecule has 0 fully saturated rings. The second-order valence-corrected chi connectivity index (χ2v) is 17.4. The molecule has 0 N–H and O–H groups in total. The lowest BCUT2D eigenvalue weighted by molar-refractivity contribution is 0.666. The Kier molecular flexibility index (Phi) is 7.46. The average molecular weight is 836 g/mol. The SMILES string of the molecule is c1ccc(-c2nc(-c3cccc4sc5ccccc5c34)nc(-n3c4ccccc4c4ccc5c6ccccc6n(-c6cccc7c6oc6cccc(-c8ccccc8)c67)c5c43)n2)cc1. The summed E-state index contributed by atoms with van der Waals surface area (Å²) in [6, 6.07) is 70.6. The third kappa shape index (κ3) is 5.04. The lowest BCUT2D eigenvalue weighted by atomic mass is 9.99. The fourth-order valence-electron chi connectivity index (χ4n) is 10.1. The number of furan rings is 1. The van der Waals surface area contributed by atoms with Gasteiger partial charge in [-0.3, -0.25) is 4.57 Å². The number of thiophene rings is 1. The van der Waals surface area contributed by atoms with E-state index in [4.69, 9.17) is 19.4 Å². The van der Waals surface area contributed by atoms with Crippen molar-refractivity contribution in [1.82, 2.24) is 24.1 Å². The Morgan fingerprint density at radius 3 is 1.73 bits per heavy atom. The summed E-state index contributed by atoms with van der Waals surface area (Å²) in [6.45, 7) is 0. The molecule has 0 aliphatic carbocycles. The highest BCUT2D eigenvalue weighted by atomic mass is 32.1. The highest BCUT2D eigenvalue weighted by Crippen LogP contribution is 2.45. The molecule has 9 aromatic carbocycles. The summed E-state index contributed by atoms with van der Waals surface area (Å²) >= 11 is 1.79. The van der Waals surface area contributed by atoms with Gasteiger partial charge in [-0.1, -0.05) is 164 Å². The molecule has 0 radical (unpaired) electrons. The molecular formula is C57H33N5OS. The Morgan fingerprint density at radius 1 is 0.375 bits per heavy atom. The molecule has 0 aliphatic heterocycles. The van der Waals surface area contributed by atoms with Gasteiger partial charge < -0.3 is 8.98 Å². The van der Waals surface area contributed by atoms with Crippen LogP contribution in [-0.2, 0) is 0 Å². The van der Waals surface area contributed by atoms with Gasteiger partial charge in [0.1, 0.15) is 5.58 Å². The van der Waals surface area contributed by atoms with E-state index in [1.54, 1.807) is 11.3 Å². The first-order valence-electron chi connectivity index (χ1n) is 21.4. The van der Waals surface area contributed by atoms with E-state index in [0.29, 0.717) is 17.6 Å². The smallest absolute Gasteiger partial charge is 0.238 e. The van der Waals surface area contributed by atoms with Crippen LogP contribution < -0.4 is 0 Å². The Balaban J connectivity index is 1.12. The molecule has 0 saturated heterocycles. The van der Waals surface area contributed by atoms with Gasteiger partial charge >= 0.3 is 0 Å². The van der Waals surface area contributed by atoms with Crippen molar-refractivity contribution < 1.29 is 4.42 Å². The number of rotatable bonds is 5. The van der Waals surface area contributed by atoms with Gasteiger partial charge in [0.15, 0.2) is 17.2 Å². The first kappa shape index (κ1) is 35.2. The number of aromatic nitrogens is 5. The molecule has 0 amide bonds. The molecule has 64 heavy (non-hydrogen) atoms. The van der Waals surface area contributed by atoms with Crippen LogP contribution in [0.25, 0.3) is 131 Å². The fraction of sp³-hybridized carbons (Fsp3) is 0. The zero-order valence-electron chi connectivity index (χ0n) is 34.1. The zero-order valence-corrected chi connectivity index (χ0v) is 34.9. The molecule has 0 bridgehead atoms. The van der Waals surface area contributed by atoms with Gasteiger partial charge in [-0.2, -0.15) is 9.97 Å². The van der Waals surface area contributed by atoms with Crippen LogP contribution in [0.2, 0.25) is 0 Å². The Bertz CT molecular complexity index is 4200. The fourth-order valence-corrected chi connectivity index (χ4v) is 11.2. The van der Waals surface area contributed by atoms with Crippen molar-refractivity contribution in [1.29, 1.82) is 0 Å². The lowest BCUT2D eigenvalue weighted by Crippen LogP contribution is -2.07. The molecule has 298 valence electrons. The summed E-state index contributed by atoms with van der Waals surface area (Å²) in [4.78, 5) is 16.2. The molecular weight excluding hydrogens is 803 g/mol. The third-order valence-electron chi connectivity index (χ3n) is 12.8. The van der Waals surface area contributed by atoms with Crippen molar-refractivity contribution in [2.24, 2.45) is 0 Å². The number of hydrogen-bond donors (Lipinski definition) is 0. The van der Waals surface area contributed by atoms with Gasteiger partial charge in [-0.25, -0.2) is 4.98 Å². The number of para-hydroxylation sites is 3. The quantitative estimate of drug-likeness (QED) is 0.173. The van der Waals surface area contributed by atoms with Gasteiger partial charge in [-0.15, -0.1) is 11.3 Å². The minimum absolute atomic E-state index is 0.547. The van der Waals surface area contributed by atoms with E-state index in [1.807, 2.05) is 18.2 Å². The van der Waals surface area contributed by atoms with Crippen LogP contribution in [0.3, 0.4) is 0 Å². The third-order valence-corrected chi connectivity index (χ3v) is 13.9. The predicted octanol–water partition coefficient (Wildman–Crippen LogP) is 15.3. The molecule has 5 aromatic heterocycles. The van der Waals surface area contributed by atoms with Crippen molar-refractivity contribution in [3.05, 3.63) is 200 Å². The lowest BCUT2D eigenvalue weighted by Gasteiger charge is -2.14. The standard InChI is InChI=1S/C57H33N5OS/c1-3-16-34(17-4-1)36-23-14-29-47-50(36)42-24-13-28-46(54(42)63-47)61-44-26-10-7-20-37(44)39-32-33-40-38-21-8-11-27-45(38)62(53(40)52(39)61)57-59-55(35-18-5-2-6-19-35)58-56(60-57)43-25-15-31-49-51(43)41-22-9-12-30-48(41)64-49/h1-33H. The topological polar surface area (TPSA) is 61.7 Å². The maximum absolute atomic E-state index is 6.98. The largest absolute Gasteiger partial charge is 0.454 e. The van der Waals surface area contributed by atoms with E-state index in [1.165, 1.54) is 14.8 Å². The molecule has 7 heteroatoms. The number of nitrogens with zero attached hydrogens (tertiary/aromatic N) is 5. The van der Waals surface area contributed by atoms with E-state index in [-0.39, 0.29) is 0 Å². The van der Waals surface area contributed by atoms with Crippen LogP contribution in [0.15, 0.2) is 205 Å². The summed E-state index contributed by atoms with van der Waals surface area (Å²) in [6.07, 6.45) is 0. The first-order chi connectivity index (χ1) is 31.8. The van der Waals surface area contributed by atoms with Gasteiger partial charge in [0, 0.05) is 63.6 Å². The van der Waals surface area contributed by atoms with Gasteiger partial charge in [0.05, 0.1) is 27.8 Å². The Labute approximate surface area is 369 Å². The van der Waals surface area contributed by atoms with Crippen molar-refractivity contribution in [3.63, 3.8) is 0 Å². The van der Waals surface area contributed by atoms with Gasteiger partial charge in [-0.05, 0) is 47.5 Å². The summed E-state index contributed by atoms with van der Waals surface area (Å²) in [5.41, 5.74) is 11.0. The van der Waals surface area contributed by atoms with Crippen LogP contribution in [0, 0.1) is 0 Å². The molecule has 6 nitrogen and oxygen atoms in total. The van der Waals surface area contributed by atoms with Crippen molar-refractivity contribution in [2.75, 3.05) is 0 Å². The van der Waals surface area contributed by atoms with Crippen molar-refractivity contribution in [3.8, 4) is 45.5 Å². The molecule has 0 unspecified atom stereocenters. The second-order valence-electron chi connectivity index (χ2n) is 16.3. The van der Waals surface area contributed by atoms with Crippen LogP contribution in [0.5, 0.6) is 0 Å². The van der Waals surface area contributed by atoms with Gasteiger partial charge in [0.2, 0.25) is 5.95 Å². The summed E-state index contributed by atoms with van der Waals surface area (Å²) in [5.74, 6) is 1.78. The maximum atomic E-state index is 6.98. The maximum Gasteiger partial charge on any atom is 0.238 e. The number of fused-ring (bicyclic) bond motifs is 13. The highest BCUT2D eigenvalue weighted by molar-refractivity contribution is 7.25.